The van der Waals surface area contributed by atoms with Crippen LogP contribution in [0.2, 0.25) is 0 Å². The second-order valence-electron chi connectivity index (χ2n) is 12.8. The van der Waals surface area contributed by atoms with Crippen molar-refractivity contribution in [3.8, 4) is 0 Å². The standard InChI is InChI=1S/C37H40F3N3OS2/c1-36(2,26-28-11-7-10-27-9-3-4-12-30(27)28)35(45)44-24-23-42-21-19-41(20-22-42)17-8-18-43-31-13-5-6-14-33(31)46-34-16-15-29(25-32(34)43)37(38,39)40/h3-7,9-16,25H,8,17-24,26H2,1-2H3. The highest BCUT2D eigenvalue weighted by Gasteiger charge is 2.33. The van der Waals surface area contributed by atoms with Gasteiger partial charge in [-0.15, -0.1) is 0 Å². The zero-order chi connectivity index (χ0) is 32.3. The lowest BCUT2D eigenvalue weighted by atomic mass is 9.84. The first-order chi connectivity index (χ1) is 22.1. The highest BCUT2D eigenvalue weighted by atomic mass is 32.2. The molecule has 0 saturated carbocycles. The Labute approximate surface area is 279 Å². The van der Waals surface area contributed by atoms with Gasteiger partial charge in [-0.3, -0.25) is 4.90 Å². The number of piperazine rings is 1. The number of hydrogen-bond donors (Lipinski definition) is 0. The SMILES string of the molecule is CC(C)(Cc1cccc2ccccc12)C(=S)OCCN1CCN(CCCN2c3ccccc3Sc3ccc(C(F)(F)F)cc32)CC1. The molecule has 4 aromatic carbocycles. The van der Waals surface area contributed by atoms with Crippen molar-refractivity contribution in [2.24, 2.45) is 5.41 Å². The number of ether oxygens (including phenoxy) is 1. The summed E-state index contributed by atoms with van der Waals surface area (Å²) in [4.78, 5) is 8.87. The molecule has 4 nitrogen and oxygen atoms in total. The molecule has 242 valence electrons. The monoisotopic (exact) mass is 663 g/mol. The molecule has 46 heavy (non-hydrogen) atoms. The van der Waals surface area contributed by atoms with Crippen LogP contribution in [0, 0.1) is 5.41 Å². The van der Waals surface area contributed by atoms with Crippen molar-refractivity contribution in [3.05, 3.63) is 96.1 Å². The number of para-hydroxylation sites is 1. The van der Waals surface area contributed by atoms with Gasteiger partial charge in [0.05, 0.1) is 16.9 Å². The third kappa shape index (κ3) is 7.54. The third-order valence-corrected chi connectivity index (χ3v) is 10.8. The minimum atomic E-state index is -4.37. The fraction of sp³-hybridized carbons (Fsp3) is 0.378. The van der Waals surface area contributed by atoms with Crippen LogP contribution >= 0.6 is 24.0 Å². The van der Waals surface area contributed by atoms with Crippen LogP contribution in [0.15, 0.2) is 94.7 Å². The minimum absolute atomic E-state index is 0.263. The maximum Gasteiger partial charge on any atom is 0.416 e. The van der Waals surface area contributed by atoms with E-state index >= 15 is 0 Å². The summed E-state index contributed by atoms with van der Waals surface area (Å²) < 4.78 is 46.8. The van der Waals surface area contributed by atoms with E-state index in [1.807, 2.05) is 24.3 Å². The first kappa shape index (κ1) is 32.8. The summed E-state index contributed by atoms with van der Waals surface area (Å²) in [5.41, 5.74) is 2.03. The first-order valence-corrected chi connectivity index (χ1v) is 17.2. The summed E-state index contributed by atoms with van der Waals surface area (Å²) in [6, 6.07) is 26.9. The van der Waals surface area contributed by atoms with Crippen molar-refractivity contribution >= 4 is 51.2 Å². The smallest absolute Gasteiger partial charge is 0.416 e. The number of anilines is 2. The van der Waals surface area contributed by atoms with E-state index in [9.17, 15) is 13.2 Å². The van der Waals surface area contributed by atoms with Gasteiger partial charge in [0.25, 0.3) is 0 Å². The molecule has 0 atom stereocenters. The molecule has 6 rings (SSSR count). The number of halogens is 3. The van der Waals surface area contributed by atoms with Crippen molar-refractivity contribution in [2.75, 3.05) is 57.3 Å². The molecule has 0 spiro atoms. The second-order valence-corrected chi connectivity index (χ2v) is 14.2. The summed E-state index contributed by atoms with van der Waals surface area (Å²) in [6.07, 6.45) is -2.69. The Morgan fingerprint density at radius 2 is 1.46 bits per heavy atom. The predicted octanol–water partition coefficient (Wildman–Crippen LogP) is 9.08. The summed E-state index contributed by atoms with van der Waals surface area (Å²) in [5, 5.41) is 3.15. The lowest BCUT2D eigenvalue weighted by Gasteiger charge is -2.36. The number of thiocarbonyl (C=S) groups is 1. The van der Waals surface area contributed by atoms with Crippen LogP contribution in [0.5, 0.6) is 0 Å². The summed E-state index contributed by atoms with van der Waals surface area (Å²) in [5.74, 6) is 0. The molecule has 4 aromatic rings. The molecule has 9 heteroatoms. The normalized spacial score (nSPS) is 15.9. The average molecular weight is 664 g/mol. The van der Waals surface area contributed by atoms with Gasteiger partial charge in [-0.2, -0.15) is 13.2 Å². The summed E-state index contributed by atoms with van der Waals surface area (Å²) in [6.45, 7) is 11.1. The number of rotatable bonds is 10. The van der Waals surface area contributed by atoms with Gasteiger partial charge in [0.2, 0.25) is 0 Å². The second kappa shape index (κ2) is 13.9. The summed E-state index contributed by atoms with van der Waals surface area (Å²) >= 11 is 7.30. The van der Waals surface area contributed by atoms with E-state index in [0.717, 1.165) is 67.6 Å². The zero-order valence-electron chi connectivity index (χ0n) is 26.4. The zero-order valence-corrected chi connectivity index (χ0v) is 28.0. The number of nitrogens with zero attached hydrogens (tertiary/aromatic N) is 3. The van der Waals surface area contributed by atoms with Crippen molar-refractivity contribution in [1.29, 1.82) is 0 Å². The molecular weight excluding hydrogens is 624 g/mol. The fourth-order valence-electron chi connectivity index (χ4n) is 6.39. The highest BCUT2D eigenvalue weighted by Crippen LogP contribution is 2.49. The van der Waals surface area contributed by atoms with Crippen LogP contribution in [0.25, 0.3) is 10.8 Å². The van der Waals surface area contributed by atoms with Crippen LogP contribution in [0.1, 0.15) is 31.4 Å². The summed E-state index contributed by atoms with van der Waals surface area (Å²) in [7, 11) is 0. The Morgan fingerprint density at radius 1 is 0.783 bits per heavy atom. The molecular formula is C37H40F3N3OS2. The number of benzene rings is 4. The molecule has 0 radical (unpaired) electrons. The quantitative estimate of drug-likeness (QED) is 0.157. The highest BCUT2D eigenvalue weighted by molar-refractivity contribution is 7.99. The largest absolute Gasteiger partial charge is 0.485 e. The molecule has 0 aromatic heterocycles. The number of hydrogen-bond acceptors (Lipinski definition) is 6. The van der Waals surface area contributed by atoms with Gasteiger partial charge in [-0.05, 0) is 78.3 Å². The van der Waals surface area contributed by atoms with Crippen LogP contribution in [-0.2, 0) is 17.3 Å². The van der Waals surface area contributed by atoms with Crippen molar-refractivity contribution in [3.63, 3.8) is 0 Å². The van der Waals surface area contributed by atoms with Gasteiger partial charge >= 0.3 is 6.18 Å². The fourth-order valence-corrected chi connectivity index (χ4v) is 7.62. The van der Waals surface area contributed by atoms with Gasteiger partial charge < -0.3 is 14.5 Å². The van der Waals surface area contributed by atoms with E-state index in [0.29, 0.717) is 23.9 Å². The van der Waals surface area contributed by atoms with Crippen LogP contribution in [0.3, 0.4) is 0 Å². The Kier molecular flexibility index (Phi) is 9.94. The Morgan fingerprint density at radius 3 is 2.24 bits per heavy atom. The molecule has 0 aliphatic carbocycles. The van der Waals surface area contributed by atoms with Crippen molar-refractivity contribution in [1.82, 2.24) is 9.80 Å². The lowest BCUT2D eigenvalue weighted by Crippen LogP contribution is -2.48. The van der Waals surface area contributed by atoms with Crippen LogP contribution < -0.4 is 4.90 Å². The molecule has 2 aliphatic rings. The molecule has 0 bridgehead atoms. The van der Waals surface area contributed by atoms with Gasteiger partial charge in [0.1, 0.15) is 6.61 Å². The molecule has 1 fully saturated rings. The molecule has 0 N–H and O–H groups in total. The molecule has 1 saturated heterocycles. The predicted molar refractivity (Wildman–Crippen MR) is 186 cm³/mol. The topological polar surface area (TPSA) is 19.0 Å². The average Bonchev–Trinajstić information content (AvgIpc) is 3.04. The van der Waals surface area contributed by atoms with Crippen molar-refractivity contribution in [2.45, 2.75) is 42.7 Å². The third-order valence-electron chi connectivity index (χ3n) is 8.98. The Balaban J connectivity index is 0.963. The number of fused-ring (bicyclic) bond motifs is 3. The Hall–Kier alpha value is -3.11. The van der Waals surface area contributed by atoms with E-state index in [2.05, 4.69) is 71.0 Å². The van der Waals surface area contributed by atoms with Crippen LogP contribution in [0.4, 0.5) is 24.5 Å². The lowest BCUT2D eigenvalue weighted by molar-refractivity contribution is -0.137. The maximum absolute atomic E-state index is 13.6. The van der Waals surface area contributed by atoms with Crippen LogP contribution in [-0.4, -0.2) is 67.3 Å². The minimum Gasteiger partial charge on any atom is -0.485 e. The maximum atomic E-state index is 13.6. The van der Waals surface area contributed by atoms with E-state index in [-0.39, 0.29) is 5.41 Å². The molecule has 2 heterocycles. The van der Waals surface area contributed by atoms with E-state index in [4.69, 9.17) is 17.0 Å². The van der Waals surface area contributed by atoms with Gasteiger partial charge in [0.15, 0.2) is 5.05 Å². The van der Waals surface area contributed by atoms with E-state index < -0.39 is 11.7 Å². The Bertz CT molecular complexity index is 1680. The van der Waals surface area contributed by atoms with Gasteiger partial charge in [-0.1, -0.05) is 80.2 Å². The first-order valence-electron chi connectivity index (χ1n) is 15.9. The molecule has 0 amide bonds. The van der Waals surface area contributed by atoms with E-state index in [1.165, 1.54) is 40.2 Å². The molecule has 0 unspecified atom stereocenters. The van der Waals surface area contributed by atoms with Gasteiger partial charge in [0, 0.05) is 54.5 Å². The van der Waals surface area contributed by atoms with Gasteiger partial charge in [-0.25, -0.2) is 0 Å². The number of alkyl halides is 3. The van der Waals surface area contributed by atoms with Crippen molar-refractivity contribution < 1.29 is 17.9 Å². The van der Waals surface area contributed by atoms with E-state index in [1.54, 1.807) is 6.07 Å². The molecule has 2 aliphatic heterocycles.